The summed E-state index contributed by atoms with van der Waals surface area (Å²) in [6, 6.07) is 13.1. The first-order chi connectivity index (χ1) is 12.8. The average Bonchev–Trinajstić information content (AvgIpc) is 2.60. The molecule has 27 heavy (non-hydrogen) atoms. The standard InChI is InChI=1S/C21H24BrNO4/c1-21(2,3)27-20(25)23-13-17-8-9-18(22)12-19(17)26-11-10-15-4-6-16(14-24)7-5-15/h4-9,12,14H,10-11,13H2,1-3H3,(H,23,25). The number of nitrogens with one attached hydrogen (secondary N) is 1. The van der Waals surface area contributed by atoms with Crippen LogP contribution in [0.15, 0.2) is 46.9 Å². The van der Waals surface area contributed by atoms with Crippen LogP contribution in [0.4, 0.5) is 4.79 Å². The lowest BCUT2D eigenvalue weighted by Crippen LogP contribution is -2.32. The Morgan fingerprint density at radius 1 is 1.15 bits per heavy atom. The van der Waals surface area contributed by atoms with Gasteiger partial charge in [-0.15, -0.1) is 0 Å². The molecule has 0 unspecified atom stereocenters. The van der Waals surface area contributed by atoms with Crippen molar-refractivity contribution in [1.29, 1.82) is 0 Å². The fourth-order valence-electron chi connectivity index (χ4n) is 2.33. The third-order valence-electron chi connectivity index (χ3n) is 3.62. The molecule has 0 bridgehead atoms. The molecule has 0 saturated heterocycles. The maximum Gasteiger partial charge on any atom is 0.407 e. The quantitative estimate of drug-likeness (QED) is 0.630. The van der Waals surface area contributed by atoms with Crippen LogP contribution in [-0.2, 0) is 17.7 Å². The molecule has 0 radical (unpaired) electrons. The molecule has 0 aliphatic carbocycles. The van der Waals surface area contributed by atoms with Crippen LogP contribution in [0.2, 0.25) is 0 Å². The molecule has 0 aromatic heterocycles. The molecule has 6 heteroatoms. The van der Waals surface area contributed by atoms with Crippen LogP contribution in [0.1, 0.15) is 42.3 Å². The number of halogens is 1. The zero-order valence-electron chi connectivity index (χ0n) is 15.8. The molecule has 2 rings (SSSR count). The zero-order chi connectivity index (χ0) is 19.9. The van der Waals surface area contributed by atoms with Crippen LogP contribution in [0.25, 0.3) is 0 Å². The van der Waals surface area contributed by atoms with Gasteiger partial charge in [0.2, 0.25) is 0 Å². The lowest BCUT2D eigenvalue weighted by molar-refractivity contribution is 0.0523. The minimum absolute atomic E-state index is 0.311. The number of carbonyl (C=O) groups is 2. The maximum atomic E-state index is 11.9. The Hall–Kier alpha value is -2.34. The van der Waals surface area contributed by atoms with Crippen molar-refractivity contribution in [2.75, 3.05) is 6.61 Å². The van der Waals surface area contributed by atoms with Crippen molar-refractivity contribution in [3.05, 3.63) is 63.6 Å². The van der Waals surface area contributed by atoms with Gasteiger partial charge in [-0.05, 0) is 38.5 Å². The Bertz CT molecular complexity index is 782. The first kappa shape index (κ1) is 21.0. The summed E-state index contributed by atoms with van der Waals surface area (Å²) in [5.41, 5.74) is 2.06. The van der Waals surface area contributed by atoms with Crippen molar-refractivity contribution in [2.45, 2.75) is 39.3 Å². The van der Waals surface area contributed by atoms with Gasteiger partial charge in [-0.3, -0.25) is 4.79 Å². The highest BCUT2D eigenvalue weighted by molar-refractivity contribution is 9.10. The van der Waals surface area contributed by atoms with Crippen LogP contribution < -0.4 is 10.1 Å². The predicted octanol–water partition coefficient (Wildman–Crippen LogP) is 4.91. The molecule has 5 nitrogen and oxygen atoms in total. The van der Waals surface area contributed by atoms with Gasteiger partial charge in [0.15, 0.2) is 0 Å². The second-order valence-electron chi connectivity index (χ2n) is 7.07. The minimum Gasteiger partial charge on any atom is -0.493 e. The van der Waals surface area contributed by atoms with E-state index >= 15 is 0 Å². The molecule has 0 spiro atoms. The second-order valence-corrected chi connectivity index (χ2v) is 7.98. The Kier molecular flexibility index (Phi) is 7.42. The third kappa shape index (κ3) is 7.43. The van der Waals surface area contributed by atoms with E-state index in [2.05, 4.69) is 21.2 Å². The molecular weight excluding hydrogens is 410 g/mol. The normalized spacial score (nSPS) is 11.0. The van der Waals surface area contributed by atoms with Gasteiger partial charge in [0, 0.05) is 28.6 Å². The summed E-state index contributed by atoms with van der Waals surface area (Å²) in [5.74, 6) is 0.699. The molecule has 1 N–H and O–H groups in total. The minimum atomic E-state index is -0.539. The molecule has 2 aromatic carbocycles. The number of amides is 1. The molecular formula is C21H24BrNO4. The Balaban J connectivity index is 1.94. The van der Waals surface area contributed by atoms with E-state index in [1.807, 2.05) is 51.1 Å². The number of rotatable bonds is 7. The lowest BCUT2D eigenvalue weighted by Gasteiger charge is -2.20. The zero-order valence-corrected chi connectivity index (χ0v) is 17.3. The molecule has 0 saturated carbocycles. The molecule has 144 valence electrons. The van der Waals surface area contributed by atoms with Crippen LogP contribution in [0, 0.1) is 0 Å². The predicted molar refractivity (Wildman–Crippen MR) is 108 cm³/mol. The highest BCUT2D eigenvalue weighted by atomic mass is 79.9. The number of ether oxygens (including phenoxy) is 2. The Labute approximate surface area is 168 Å². The highest BCUT2D eigenvalue weighted by Crippen LogP contribution is 2.24. The summed E-state index contributed by atoms with van der Waals surface area (Å²) in [6.07, 6.45) is 1.07. The fourth-order valence-corrected chi connectivity index (χ4v) is 2.67. The number of hydrogen-bond acceptors (Lipinski definition) is 4. The number of carbonyl (C=O) groups excluding carboxylic acids is 2. The first-order valence-electron chi connectivity index (χ1n) is 8.69. The van der Waals surface area contributed by atoms with Crippen LogP contribution in [0.3, 0.4) is 0 Å². The molecule has 0 heterocycles. The average molecular weight is 434 g/mol. The van der Waals surface area contributed by atoms with Crippen molar-refractivity contribution in [2.24, 2.45) is 0 Å². The van der Waals surface area contributed by atoms with E-state index in [0.717, 1.165) is 21.9 Å². The van der Waals surface area contributed by atoms with E-state index in [4.69, 9.17) is 9.47 Å². The van der Waals surface area contributed by atoms with E-state index < -0.39 is 11.7 Å². The van der Waals surface area contributed by atoms with E-state index in [9.17, 15) is 9.59 Å². The molecule has 0 atom stereocenters. The van der Waals surface area contributed by atoms with E-state index in [0.29, 0.717) is 30.9 Å². The van der Waals surface area contributed by atoms with E-state index in [-0.39, 0.29) is 0 Å². The van der Waals surface area contributed by atoms with E-state index in [1.165, 1.54) is 0 Å². The second kappa shape index (κ2) is 9.55. The fraction of sp³-hybridized carbons (Fsp3) is 0.333. The topological polar surface area (TPSA) is 64.6 Å². The monoisotopic (exact) mass is 433 g/mol. The number of benzene rings is 2. The molecule has 0 aliphatic rings. The summed E-state index contributed by atoms with van der Waals surface area (Å²) in [5, 5.41) is 2.75. The summed E-state index contributed by atoms with van der Waals surface area (Å²) < 4.78 is 12.1. The molecule has 0 aliphatic heterocycles. The Morgan fingerprint density at radius 3 is 2.48 bits per heavy atom. The van der Waals surface area contributed by atoms with Crippen LogP contribution >= 0.6 is 15.9 Å². The van der Waals surface area contributed by atoms with Crippen molar-refractivity contribution in [3.8, 4) is 5.75 Å². The third-order valence-corrected chi connectivity index (χ3v) is 4.11. The largest absolute Gasteiger partial charge is 0.493 e. The van der Waals surface area contributed by atoms with Crippen molar-refractivity contribution in [3.63, 3.8) is 0 Å². The van der Waals surface area contributed by atoms with Gasteiger partial charge < -0.3 is 14.8 Å². The lowest BCUT2D eigenvalue weighted by atomic mass is 10.1. The van der Waals surface area contributed by atoms with Gasteiger partial charge in [0.1, 0.15) is 17.6 Å². The van der Waals surface area contributed by atoms with Gasteiger partial charge in [0.05, 0.1) is 6.61 Å². The Morgan fingerprint density at radius 2 is 1.85 bits per heavy atom. The van der Waals surface area contributed by atoms with E-state index in [1.54, 1.807) is 12.1 Å². The number of alkyl carbamates (subject to hydrolysis) is 1. The van der Waals surface area contributed by atoms with Crippen molar-refractivity contribution < 1.29 is 19.1 Å². The number of aldehydes is 1. The van der Waals surface area contributed by atoms with Gasteiger partial charge in [-0.1, -0.05) is 46.3 Å². The SMILES string of the molecule is CC(C)(C)OC(=O)NCc1ccc(Br)cc1OCCc1ccc(C=O)cc1. The van der Waals surface area contributed by atoms with Crippen LogP contribution in [-0.4, -0.2) is 24.6 Å². The van der Waals surface area contributed by atoms with Gasteiger partial charge in [-0.2, -0.15) is 0 Å². The summed E-state index contributed by atoms with van der Waals surface area (Å²) in [6.45, 7) is 6.26. The highest BCUT2D eigenvalue weighted by Gasteiger charge is 2.16. The first-order valence-corrected chi connectivity index (χ1v) is 9.48. The summed E-state index contributed by atoms with van der Waals surface area (Å²) in [7, 11) is 0. The smallest absolute Gasteiger partial charge is 0.407 e. The van der Waals surface area contributed by atoms with Crippen molar-refractivity contribution in [1.82, 2.24) is 5.32 Å². The summed E-state index contributed by atoms with van der Waals surface area (Å²) >= 11 is 3.44. The summed E-state index contributed by atoms with van der Waals surface area (Å²) in [4.78, 5) is 22.6. The maximum absolute atomic E-state index is 11.9. The molecule has 1 amide bonds. The number of hydrogen-bond donors (Lipinski definition) is 1. The molecule has 0 fully saturated rings. The van der Waals surface area contributed by atoms with Crippen LogP contribution in [0.5, 0.6) is 5.75 Å². The molecule has 2 aromatic rings. The van der Waals surface area contributed by atoms with Crippen molar-refractivity contribution >= 4 is 28.3 Å². The van der Waals surface area contributed by atoms with Gasteiger partial charge in [-0.25, -0.2) is 4.79 Å². The van der Waals surface area contributed by atoms with Gasteiger partial charge in [0.25, 0.3) is 0 Å². The van der Waals surface area contributed by atoms with Gasteiger partial charge >= 0.3 is 6.09 Å².